The Morgan fingerprint density at radius 1 is 1.00 bits per heavy atom. The van der Waals surface area contributed by atoms with Gasteiger partial charge in [0.2, 0.25) is 0 Å². The fourth-order valence-electron chi connectivity index (χ4n) is 3.32. The van der Waals surface area contributed by atoms with Gasteiger partial charge in [0, 0.05) is 24.5 Å². The van der Waals surface area contributed by atoms with Crippen LogP contribution in [0.25, 0.3) is 0 Å². The van der Waals surface area contributed by atoms with Gasteiger partial charge in [-0.15, -0.1) is 0 Å². The van der Waals surface area contributed by atoms with Gasteiger partial charge in [-0.1, -0.05) is 12.1 Å². The molecule has 4 rings (SSSR count). The summed E-state index contributed by atoms with van der Waals surface area (Å²) < 4.78 is 5.24. The van der Waals surface area contributed by atoms with E-state index in [1.54, 1.807) is 25.4 Å². The predicted octanol–water partition coefficient (Wildman–Crippen LogP) is 4.08. The minimum absolute atomic E-state index is 0.228. The number of hydrogen-bond acceptors (Lipinski definition) is 6. The van der Waals surface area contributed by atoms with Crippen molar-refractivity contribution in [3.63, 3.8) is 0 Å². The van der Waals surface area contributed by atoms with E-state index in [-0.39, 0.29) is 11.6 Å². The summed E-state index contributed by atoms with van der Waals surface area (Å²) in [4.78, 5) is 23.3. The lowest BCUT2D eigenvalue weighted by Crippen LogP contribution is -2.17. The number of rotatable bonds is 6. The Balaban J connectivity index is 1.39. The number of carbonyl (C=O) groups excluding carboxylic acids is 1. The van der Waals surface area contributed by atoms with E-state index in [2.05, 4.69) is 37.6 Å². The van der Waals surface area contributed by atoms with Crippen molar-refractivity contribution in [1.82, 2.24) is 9.97 Å². The van der Waals surface area contributed by atoms with Crippen molar-refractivity contribution in [2.24, 2.45) is 0 Å². The summed E-state index contributed by atoms with van der Waals surface area (Å²) in [6.07, 6.45) is 5.51. The molecule has 1 aromatic heterocycles. The van der Waals surface area contributed by atoms with Crippen LogP contribution in [0.2, 0.25) is 0 Å². The van der Waals surface area contributed by atoms with Crippen LogP contribution in [0.4, 0.5) is 22.9 Å². The van der Waals surface area contributed by atoms with Crippen LogP contribution in [0.3, 0.4) is 0 Å². The van der Waals surface area contributed by atoms with Crippen LogP contribution in [-0.4, -0.2) is 36.1 Å². The summed E-state index contributed by atoms with van der Waals surface area (Å²) in [6.45, 7) is 2.24. The number of para-hydroxylation sites is 2. The largest absolute Gasteiger partial charge is 0.495 e. The Bertz CT molecular complexity index is 967. The van der Waals surface area contributed by atoms with Crippen molar-refractivity contribution >= 4 is 28.8 Å². The van der Waals surface area contributed by atoms with E-state index in [1.165, 1.54) is 24.7 Å². The van der Waals surface area contributed by atoms with Crippen LogP contribution in [0, 0.1) is 0 Å². The lowest BCUT2D eigenvalue weighted by atomic mass is 10.2. The molecule has 2 N–H and O–H groups in total. The first-order valence-electron chi connectivity index (χ1n) is 9.61. The lowest BCUT2D eigenvalue weighted by molar-refractivity contribution is 0.102. The SMILES string of the molecule is COc1ccccc1NC(=O)c1cnc(Nc2ccc(N3CCCC3)cc2)cn1. The van der Waals surface area contributed by atoms with Gasteiger partial charge >= 0.3 is 0 Å². The number of nitrogens with zero attached hydrogens (tertiary/aromatic N) is 3. The topological polar surface area (TPSA) is 79.4 Å². The third kappa shape index (κ3) is 4.45. The molecule has 2 heterocycles. The van der Waals surface area contributed by atoms with E-state index >= 15 is 0 Å². The molecule has 0 saturated carbocycles. The number of nitrogens with one attached hydrogen (secondary N) is 2. The zero-order chi connectivity index (χ0) is 20.1. The zero-order valence-electron chi connectivity index (χ0n) is 16.3. The second kappa shape index (κ2) is 8.60. The number of methoxy groups -OCH3 is 1. The summed E-state index contributed by atoms with van der Waals surface area (Å²) in [5.41, 5.74) is 2.98. The molecule has 0 radical (unpaired) electrons. The van der Waals surface area contributed by atoms with Gasteiger partial charge < -0.3 is 20.3 Å². The molecule has 1 fully saturated rings. The first kappa shape index (κ1) is 18.7. The van der Waals surface area contributed by atoms with Gasteiger partial charge in [0.25, 0.3) is 5.91 Å². The molecule has 7 heteroatoms. The number of anilines is 4. The number of carbonyl (C=O) groups is 1. The molecule has 1 aliphatic rings. The highest BCUT2D eigenvalue weighted by molar-refractivity contribution is 6.03. The van der Waals surface area contributed by atoms with Crippen LogP contribution >= 0.6 is 0 Å². The number of aromatic nitrogens is 2. The molecule has 2 aromatic carbocycles. The minimum atomic E-state index is -0.344. The molecule has 1 aliphatic heterocycles. The van der Waals surface area contributed by atoms with Crippen molar-refractivity contribution in [2.45, 2.75) is 12.8 Å². The monoisotopic (exact) mass is 389 g/mol. The average Bonchev–Trinajstić information content (AvgIpc) is 3.30. The van der Waals surface area contributed by atoms with Crippen LogP contribution in [-0.2, 0) is 0 Å². The van der Waals surface area contributed by atoms with Crippen LogP contribution < -0.4 is 20.3 Å². The van der Waals surface area contributed by atoms with Crippen LogP contribution in [0.15, 0.2) is 60.9 Å². The summed E-state index contributed by atoms with van der Waals surface area (Å²) in [5, 5.41) is 6.00. The first-order chi connectivity index (χ1) is 14.2. The van der Waals surface area contributed by atoms with Gasteiger partial charge in [0.05, 0.1) is 25.2 Å². The van der Waals surface area contributed by atoms with Crippen molar-refractivity contribution in [3.05, 3.63) is 66.6 Å². The van der Waals surface area contributed by atoms with E-state index in [1.807, 2.05) is 24.3 Å². The second-order valence-corrected chi connectivity index (χ2v) is 6.81. The molecule has 1 amide bonds. The molecule has 1 saturated heterocycles. The van der Waals surface area contributed by atoms with Gasteiger partial charge in [0.15, 0.2) is 0 Å². The summed E-state index contributed by atoms with van der Waals surface area (Å²) in [5.74, 6) is 0.820. The van der Waals surface area contributed by atoms with Crippen molar-refractivity contribution in [2.75, 3.05) is 35.7 Å². The van der Waals surface area contributed by atoms with E-state index in [0.29, 0.717) is 17.3 Å². The number of ether oxygens (including phenoxy) is 1. The maximum Gasteiger partial charge on any atom is 0.275 e. The molecule has 0 atom stereocenters. The van der Waals surface area contributed by atoms with E-state index in [9.17, 15) is 4.79 Å². The molecule has 0 bridgehead atoms. The molecular formula is C22H23N5O2. The quantitative estimate of drug-likeness (QED) is 0.661. The molecule has 148 valence electrons. The third-order valence-electron chi connectivity index (χ3n) is 4.85. The average molecular weight is 389 g/mol. The Kier molecular flexibility index (Phi) is 5.56. The molecule has 0 aliphatic carbocycles. The summed E-state index contributed by atoms with van der Waals surface area (Å²) in [6, 6.07) is 15.5. The lowest BCUT2D eigenvalue weighted by Gasteiger charge is -2.17. The standard InChI is InChI=1S/C22H23N5O2/c1-29-20-7-3-2-6-18(20)26-22(28)19-14-24-21(15-23-19)25-16-8-10-17(11-9-16)27-12-4-5-13-27/h2-3,6-11,14-15H,4-5,12-13H2,1H3,(H,24,25)(H,26,28). The van der Waals surface area contributed by atoms with Crippen molar-refractivity contribution in [3.8, 4) is 5.75 Å². The Morgan fingerprint density at radius 2 is 1.76 bits per heavy atom. The number of amides is 1. The zero-order valence-corrected chi connectivity index (χ0v) is 16.3. The van der Waals surface area contributed by atoms with E-state index in [0.717, 1.165) is 18.8 Å². The van der Waals surface area contributed by atoms with Gasteiger partial charge in [-0.2, -0.15) is 0 Å². The highest BCUT2D eigenvalue weighted by atomic mass is 16.5. The molecule has 3 aromatic rings. The normalized spacial score (nSPS) is 13.2. The summed E-state index contributed by atoms with van der Waals surface area (Å²) in [7, 11) is 1.56. The van der Waals surface area contributed by atoms with E-state index < -0.39 is 0 Å². The van der Waals surface area contributed by atoms with Gasteiger partial charge in [-0.05, 0) is 49.2 Å². The van der Waals surface area contributed by atoms with E-state index in [4.69, 9.17) is 4.74 Å². The minimum Gasteiger partial charge on any atom is -0.495 e. The number of hydrogen-bond donors (Lipinski definition) is 2. The Hall–Kier alpha value is -3.61. The maximum absolute atomic E-state index is 12.4. The first-order valence-corrected chi connectivity index (χ1v) is 9.61. The Labute approximate surface area is 169 Å². The fourth-order valence-corrected chi connectivity index (χ4v) is 3.32. The molecule has 0 spiro atoms. The summed E-state index contributed by atoms with van der Waals surface area (Å²) >= 11 is 0. The third-order valence-corrected chi connectivity index (χ3v) is 4.85. The predicted molar refractivity (Wildman–Crippen MR) is 114 cm³/mol. The highest BCUT2D eigenvalue weighted by Crippen LogP contribution is 2.24. The second-order valence-electron chi connectivity index (χ2n) is 6.81. The fraction of sp³-hybridized carbons (Fsp3) is 0.227. The van der Waals surface area contributed by atoms with Gasteiger partial charge in [-0.3, -0.25) is 4.79 Å². The van der Waals surface area contributed by atoms with Gasteiger partial charge in [0.1, 0.15) is 17.3 Å². The highest BCUT2D eigenvalue weighted by Gasteiger charge is 2.13. The van der Waals surface area contributed by atoms with Crippen LogP contribution in [0.5, 0.6) is 5.75 Å². The molecule has 29 heavy (non-hydrogen) atoms. The maximum atomic E-state index is 12.4. The van der Waals surface area contributed by atoms with Gasteiger partial charge in [-0.25, -0.2) is 9.97 Å². The van der Waals surface area contributed by atoms with Crippen LogP contribution in [0.1, 0.15) is 23.3 Å². The van der Waals surface area contributed by atoms with Crippen molar-refractivity contribution in [1.29, 1.82) is 0 Å². The Morgan fingerprint density at radius 3 is 2.45 bits per heavy atom. The molecular weight excluding hydrogens is 366 g/mol. The molecule has 0 unspecified atom stereocenters. The number of benzene rings is 2. The van der Waals surface area contributed by atoms with Crippen molar-refractivity contribution < 1.29 is 9.53 Å². The smallest absolute Gasteiger partial charge is 0.275 e. The molecule has 7 nitrogen and oxygen atoms in total.